The van der Waals surface area contributed by atoms with E-state index in [0.717, 1.165) is 12.4 Å². The predicted molar refractivity (Wildman–Crippen MR) is 65.4 cm³/mol. The van der Waals surface area contributed by atoms with Crippen LogP contribution in [-0.2, 0) is 18.3 Å². The van der Waals surface area contributed by atoms with E-state index in [1.807, 2.05) is 25.5 Å². The van der Waals surface area contributed by atoms with Crippen LogP contribution in [0.3, 0.4) is 0 Å². The van der Waals surface area contributed by atoms with Gasteiger partial charge in [0.15, 0.2) is 0 Å². The van der Waals surface area contributed by atoms with Gasteiger partial charge in [0.2, 0.25) is 5.91 Å². The van der Waals surface area contributed by atoms with Gasteiger partial charge < -0.3 is 15.2 Å². The van der Waals surface area contributed by atoms with Gasteiger partial charge >= 0.3 is 0 Å². The molecule has 6 heteroatoms. The lowest BCUT2D eigenvalue weighted by molar-refractivity contribution is -0.124. The molecule has 0 spiro atoms. The summed E-state index contributed by atoms with van der Waals surface area (Å²) in [6.07, 6.45) is 2.36. The maximum atomic E-state index is 11.7. The van der Waals surface area contributed by atoms with Crippen molar-refractivity contribution in [1.82, 2.24) is 25.4 Å². The third kappa shape index (κ3) is 4.52. The number of hydrogen-bond donors (Lipinski definition) is 2. The van der Waals surface area contributed by atoms with Crippen molar-refractivity contribution in [1.29, 1.82) is 0 Å². The Bertz CT molecular complexity index is 349. The first-order chi connectivity index (χ1) is 8.15. The van der Waals surface area contributed by atoms with Crippen molar-refractivity contribution in [3.63, 3.8) is 0 Å². The van der Waals surface area contributed by atoms with Crippen molar-refractivity contribution in [3.05, 3.63) is 12.2 Å². The molecule has 0 saturated carbocycles. The number of nitrogens with zero attached hydrogens (tertiary/aromatic N) is 3. The fourth-order valence-electron chi connectivity index (χ4n) is 1.46. The lowest BCUT2D eigenvalue weighted by atomic mass is 10.1. The highest BCUT2D eigenvalue weighted by Crippen LogP contribution is 1.94. The molecule has 1 atom stereocenters. The van der Waals surface area contributed by atoms with Gasteiger partial charge in [-0.1, -0.05) is 13.8 Å². The third-order valence-electron chi connectivity index (χ3n) is 2.60. The standard InChI is InChI=1S/C11H21N5O/c1-4-12-7-9(2)11(17)13-6-5-10-15-14-8-16(10)3/h8-9,12H,4-7H2,1-3H3,(H,13,17). The highest BCUT2D eigenvalue weighted by atomic mass is 16.1. The van der Waals surface area contributed by atoms with Gasteiger partial charge in [-0.2, -0.15) is 0 Å². The maximum absolute atomic E-state index is 11.7. The molecule has 1 aromatic rings. The monoisotopic (exact) mass is 239 g/mol. The Balaban J connectivity index is 2.22. The summed E-state index contributed by atoms with van der Waals surface area (Å²) in [6.45, 7) is 6.14. The molecule has 1 unspecified atom stereocenters. The third-order valence-corrected chi connectivity index (χ3v) is 2.60. The summed E-state index contributed by atoms with van der Waals surface area (Å²) in [5, 5.41) is 13.8. The summed E-state index contributed by atoms with van der Waals surface area (Å²) in [5.74, 6) is 0.951. The predicted octanol–water partition coefficient (Wildman–Crippen LogP) is -0.281. The maximum Gasteiger partial charge on any atom is 0.224 e. The SMILES string of the molecule is CCNCC(C)C(=O)NCCc1nncn1C. The van der Waals surface area contributed by atoms with E-state index in [4.69, 9.17) is 0 Å². The van der Waals surface area contributed by atoms with Gasteiger partial charge in [-0.3, -0.25) is 4.79 Å². The first-order valence-electron chi connectivity index (χ1n) is 5.96. The minimum absolute atomic E-state index is 0.00514. The zero-order chi connectivity index (χ0) is 12.7. The zero-order valence-electron chi connectivity index (χ0n) is 10.7. The van der Waals surface area contributed by atoms with Gasteiger partial charge in [0, 0.05) is 32.5 Å². The number of rotatable bonds is 7. The Morgan fingerprint density at radius 1 is 1.59 bits per heavy atom. The van der Waals surface area contributed by atoms with Gasteiger partial charge in [0.05, 0.1) is 0 Å². The smallest absolute Gasteiger partial charge is 0.224 e. The fraction of sp³-hybridized carbons (Fsp3) is 0.727. The topological polar surface area (TPSA) is 71.8 Å². The lowest BCUT2D eigenvalue weighted by Crippen LogP contribution is -2.36. The van der Waals surface area contributed by atoms with Crippen LogP contribution in [0.2, 0.25) is 0 Å². The number of amides is 1. The van der Waals surface area contributed by atoms with Crippen LogP contribution in [0.25, 0.3) is 0 Å². The molecule has 1 heterocycles. The van der Waals surface area contributed by atoms with Crippen LogP contribution < -0.4 is 10.6 Å². The molecule has 0 aliphatic heterocycles. The Labute approximate surface area is 102 Å². The quantitative estimate of drug-likeness (QED) is 0.686. The van der Waals surface area contributed by atoms with Gasteiger partial charge in [-0.05, 0) is 6.54 Å². The van der Waals surface area contributed by atoms with Crippen LogP contribution in [0.5, 0.6) is 0 Å². The van der Waals surface area contributed by atoms with E-state index in [1.165, 1.54) is 0 Å². The molecule has 0 aliphatic rings. The summed E-state index contributed by atoms with van der Waals surface area (Å²) < 4.78 is 1.86. The van der Waals surface area contributed by atoms with Crippen molar-refractivity contribution in [2.24, 2.45) is 13.0 Å². The molecule has 1 amide bonds. The van der Waals surface area contributed by atoms with Gasteiger partial charge in [-0.15, -0.1) is 10.2 Å². The second kappa shape index (κ2) is 7.01. The molecular weight excluding hydrogens is 218 g/mol. The minimum atomic E-state index is -0.00514. The molecule has 0 aliphatic carbocycles. The lowest BCUT2D eigenvalue weighted by Gasteiger charge is -2.12. The molecule has 0 aromatic carbocycles. The molecule has 2 N–H and O–H groups in total. The zero-order valence-corrected chi connectivity index (χ0v) is 10.7. The van der Waals surface area contributed by atoms with E-state index >= 15 is 0 Å². The van der Waals surface area contributed by atoms with Gasteiger partial charge in [0.1, 0.15) is 12.2 Å². The van der Waals surface area contributed by atoms with Crippen molar-refractivity contribution >= 4 is 5.91 Å². The molecule has 0 bridgehead atoms. The van der Waals surface area contributed by atoms with Crippen molar-refractivity contribution in [3.8, 4) is 0 Å². The number of carbonyl (C=O) groups is 1. The molecule has 0 fully saturated rings. The van der Waals surface area contributed by atoms with Crippen LogP contribution in [0.1, 0.15) is 19.7 Å². The average Bonchev–Trinajstić information content (AvgIpc) is 2.72. The van der Waals surface area contributed by atoms with Gasteiger partial charge in [-0.25, -0.2) is 0 Å². The van der Waals surface area contributed by atoms with E-state index in [9.17, 15) is 4.79 Å². The number of aromatic nitrogens is 3. The summed E-state index contributed by atoms with van der Waals surface area (Å²) in [5.41, 5.74) is 0. The van der Waals surface area contributed by atoms with Gasteiger partial charge in [0.25, 0.3) is 0 Å². The Kier molecular flexibility index (Phi) is 5.62. The van der Waals surface area contributed by atoms with Crippen LogP contribution in [-0.4, -0.2) is 40.3 Å². The number of nitrogens with one attached hydrogen (secondary N) is 2. The molecule has 1 rings (SSSR count). The first kappa shape index (κ1) is 13.6. The normalized spacial score (nSPS) is 12.4. The average molecular weight is 239 g/mol. The number of hydrogen-bond acceptors (Lipinski definition) is 4. The number of carbonyl (C=O) groups excluding carboxylic acids is 1. The van der Waals surface area contributed by atoms with Crippen LogP contribution in [0.4, 0.5) is 0 Å². The second-order valence-corrected chi connectivity index (χ2v) is 4.11. The number of aryl methyl sites for hydroxylation is 1. The van der Waals surface area contributed by atoms with E-state index in [2.05, 4.69) is 20.8 Å². The van der Waals surface area contributed by atoms with Crippen molar-refractivity contribution in [2.75, 3.05) is 19.6 Å². The Morgan fingerprint density at radius 3 is 2.94 bits per heavy atom. The molecule has 6 nitrogen and oxygen atoms in total. The molecule has 0 saturated heterocycles. The second-order valence-electron chi connectivity index (χ2n) is 4.11. The van der Waals surface area contributed by atoms with E-state index in [-0.39, 0.29) is 11.8 Å². The Hall–Kier alpha value is -1.43. The summed E-state index contributed by atoms with van der Waals surface area (Å²) in [6, 6.07) is 0. The molecule has 96 valence electrons. The Morgan fingerprint density at radius 2 is 2.35 bits per heavy atom. The van der Waals surface area contributed by atoms with Crippen molar-refractivity contribution < 1.29 is 4.79 Å². The molecule has 1 aromatic heterocycles. The fourth-order valence-corrected chi connectivity index (χ4v) is 1.46. The molecular formula is C11H21N5O. The molecule has 0 radical (unpaired) electrons. The summed E-state index contributed by atoms with van der Waals surface area (Å²) in [7, 11) is 1.89. The molecule has 17 heavy (non-hydrogen) atoms. The first-order valence-corrected chi connectivity index (χ1v) is 5.96. The van der Waals surface area contributed by atoms with E-state index in [0.29, 0.717) is 19.5 Å². The van der Waals surface area contributed by atoms with E-state index < -0.39 is 0 Å². The van der Waals surface area contributed by atoms with Crippen molar-refractivity contribution in [2.45, 2.75) is 20.3 Å². The summed E-state index contributed by atoms with van der Waals surface area (Å²) in [4.78, 5) is 11.7. The highest BCUT2D eigenvalue weighted by Gasteiger charge is 2.11. The van der Waals surface area contributed by atoms with Crippen LogP contribution in [0.15, 0.2) is 6.33 Å². The summed E-state index contributed by atoms with van der Waals surface area (Å²) >= 11 is 0. The van der Waals surface area contributed by atoms with Crippen LogP contribution in [0, 0.1) is 5.92 Å². The highest BCUT2D eigenvalue weighted by molar-refractivity contribution is 5.78. The van der Waals surface area contributed by atoms with Crippen LogP contribution >= 0.6 is 0 Å². The largest absolute Gasteiger partial charge is 0.355 e. The minimum Gasteiger partial charge on any atom is -0.355 e. The van der Waals surface area contributed by atoms with E-state index in [1.54, 1.807) is 6.33 Å².